The smallest absolute Gasteiger partial charge is 0.0320 e. The quantitative estimate of drug-likeness (QED) is 0.912. The summed E-state index contributed by atoms with van der Waals surface area (Å²) in [4.78, 5) is 2.66. The fourth-order valence-electron chi connectivity index (χ4n) is 4.24. The van der Waals surface area contributed by atoms with Gasteiger partial charge in [-0.25, -0.2) is 0 Å². The highest BCUT2D eigenvalue weighted by atomic mass is 15.2. The monoisotopic (exact) mass is 286 g/mol. The third-order valence-corrected chi connectivity index (χ3v) is 5.82. The fraction of sp³-hybridized carbons (Fsp3) is 0.684. The molecule has 1 aromatic carbocycles. The van der Waals surface area contributed by atoms with E-state index in [-0.39, 0.29) is 0 Å². The molecule has 1 saturated carbocycles. The molecular formula is C19H30N2. The summed E-state index contributed by atoms with van der Waals surface area (Å²) < 4.78 is 0. The molecule has 4 atom stereocenters. The molecule has 1 aliphatic heterocycles. The van der Waals surface area contributed by atoms with Gasteiger partial charge in [0.15, 0.2) is 0 Å². The Hall–Kier alpha value is -0.860. The van der Waals surface area contributed by atoms with Gasteiger partial charge in [-0.2, -0.15) is 0 Å². The number of likely N-dealkylation sites (tertiary alicyclic amines) is 1. The molecule has 2 aliphatic rings. The van der Waals surface area contributed by atoms with Gasteiger partial charge in [-0.15, -0.1) is 0 Å². The van der Waals surface area contributed by atoms with Gasteiger partial charge >= 0.3 is 0 Å². The van der Waals surface area contributed by atoms with Crippen molar-refractivity contribution in [2.24, 2.45) is 17.6 Å². The van der Waals surface area contributed by atoms with Crippen molar-refractivity contribution >= 4 is 0 Å². The van der Waals surface area contributed by atoms with Crippen LogP contribution in [0, 0.1) is 11.8 Å². The molecule has 2 heteroatoms. The molecule has 116 valence electrons. The van der Waals surface area contributed by atoms with Crippen molar-refractivity contribution in [3.05, 3.63) is 35.4 Å². The molecule has 3 rings (SSSR count). The number of fused-ring (bicyclic) bond motifs is 1. The van der Waals surface area contributed by atoms with Crippen LogP contribution in [-0.2, 0) is 0 Å². The molecule has 1 saturated heterocycles. The van der Waals surface area contributed by atoms with Crippen molar-refractivity contribution < 1.29 is 0 Å². The summed E-state index contributed by atoms with van der Waals surface area (Å²) in [6.07, 6.45) is 3.94. The van der Waals surface area contributed by atoms with Crippen LogP contribution in [0.4, 0.5) is 0 Å². The molecule has 1 aromatic rings. The molecule has 1 heterocycles. The first-order valence-corrected chi connectivity index (χ1v) is 8.65. The molecule has 2 nitrogen and oxygen atoms in total. The van der Waals surface area contributed by atoms with Gasteiger partial charge in [0.2, 0.25) is 0 Å². The molecule has 21 heavy (non-hydrogen) atoms. The summed E-state index contributed by atoms with van der Waals surface area (Å²) in [5, 5.41) is 0. The predicted octanol–water partition coefficient (Wildman–Crippen LogP) is 3.93. The first kappa shape index (κ1) is 15.1. The van der Waals surface area contributed by atoms with E-state index in [1.807, 2.05) is 0 Å². The van der Waals surface area contributed by atoms with Gasteiger partial charge in [-0.05, 0) is 48.6 Å². The third-order valence-electron chi connectivity index (χ3n) is 5.82. The number of nitrogens with zero attached hydrogens (tertiary/aromatic N) is 1. The number of rotatable bonds is 3. The highest BCUT2D eigenvalue weighted by molar-refractivity contribution is 5.26. The van der Waals surface area contributed by atoms with Crippen molar-refractivity contribution in [1.29, 1.82) is 0 Å². The summed E-state index contributed by atoms with van der Waals surface area (Å²) in [5.74, 6) is 2.18. The Labute approximate surface area is 129 Å². The maximum Gasteiger partial charge on any atom is 0.0320 e. The van der Waals surface area contributed by atoms with Crippen LogP contribution in [0.5, 0.6) is 0 Å². The number of hydrogen-bond donors (Lipinski definition) is 1. The highest BCUT2D eigenvalue weighted by Crippen LogP contribution is 2.39. The lowest BCUT2D eigenvalue weighted by Gasteiger charge is -2.30. The van der Waals surface area contributed by atoms with E-state index in [1.165, 1.54) is 43.5 Å². The van der Waals surface area contributed by atoms with Crippen LogP contribution in [-0.4, -0.2) is 24.0 Å². The summed E-state index contributed by atoms with van der Waals surface area (Å²) in [7, 11) is 0. The van der Waals surface area contributed by atoms with E-state index >= 15 is 0 Å². The lowest BCUT2D eigenvalue weighted by molar-refractivity contribution is 0.245. The second kappa shape index (κ2) is 6.10. The highest BCUT2D eigenvalue weighted by Gasteiger charge is 2.40. The fourth-order valence-corrected chi connectivity index (χ4v) is 4.24. The van der Waals surface area contributed by atoms with Crippen molar-refractivity contribution in [2.75, 3.05) is 13.1 Å². The van der Waals surface area contributed by atoms with E-state index in [4.69, 9.17) is 5.73 Å². The predicted molar refractivity (Wildman–Crippen MR) is 89.3 cm³/mol. The van der Waals surface area contributed by atoms with Gasteiger partial charge in [0.1, 0.15) is 0 Å². The van der Waals surface area contributed by atoms with Crippen LogP contribution in [0.2, 0.25) is 0 Å². The lowest BCUT2D eigenvalue weighted by atomic mass is 9.78. The Morgan fingerprint density at radius 1 is 1.00 bits per heavy atom. The maximum atomic E-state index is 6.35. The van der Waals surface area contributed by atoms with E-state index in [0.29, 0.717) is 18.0 Å². The Morgan fingerprint density at radius 2 is 1.67 bits per heavy atom. The third kappa shape index (κ3) is 3.02. The molecule has 0 amide bonds. The van der Waals surface area contributed by atoms with Crippen LogP contribution in [0.3, 0.4) is 0 Å². The zero-order valence-electron chi connectivity index (χ0n) is 13.8. The average Bonchev–Trinajstić information content (AvgIpc) is 2.92. The molecule has 0 bridgehead atoms. The molecule has 1 aliphatic carbocycles. The molecule has 2 N–H and O–H groups in total. The minimum Gasteiger partial charge on any atom is -0.327 e. The Balaban J connectivity index is 1.69. The van der Waals surface area contributed by atoms with E-state index < -0.39 is 0 Å². The second-order valence-corrected chi connectivity index (χ2v) is 7.47. The Kier molecular flexibility index (Phi) is 4.37. The van der Waals surface area contributed by atoms with Crippen LogP contribution in [0.25, 0.3) is 0 Å². The van der Waals surface area contributed by atoms with Gasteiger partial charge in [0, 0.05) is 25.2 Å². The second-order valence-electron chi connectivity index (χ2n) is 7.47. The normalized spacial score (nSPS) is 31.4. The Bertz CT molecular complexity index is 465. The summed E-state index contributed by atoms with van der Waals surface area (Å²) >= 11 is 0. The van der Waals surface area contributed by atoms with Gasteiger partial charge < -0.3 is 5.73 Å². The van der Waals surface area contributed by atoms with Crippen molar-refractivity contribution in [1.82, 2.24) is 4.90 Å². The number of hydrogen-bond acceptors (Lipinski definition) is 2. The number of nitrogens with two attached hydrogens (primary N) is 1. The van der Waals surface area contributed by atoms with E-state index in [0.717, 1.165) is 11.8 Å². The molecule has 4 unspecified atom stereocenters. The van der Waals surface area contributed by atoms with Crippen molar-refractivity contribution in [3.8, 4) is 0 Å². The lowest BCUT2D eigenvalue weighted by Crippen LogP contribution is -2.38. The van der Waals surface area contributed by atoms with Crippen LogP contribution in [0.15, 0.2) is 24.3 Å². The van der Waals surface area contributed by atoms with E-state index in [1.54, 1.807) is 0 Å². The van der Waals surface area contributed by atoms with Crippen LogP contribution < -0.4 is 5.73 Å². The zero-order valence-corrected chi connectivity index (χ0v) is 13.8. The summed E-state index contributed by atoms with van der Waals surface area (Å²) in [6, 6.07) is 10.2. The topological polar surface area (TPSA) is 29.3 Å². The first-order chi connectivity index (χ1) is 10.1. The van der Waals surface area contributed by atoms with Gasteiger partial charge in [0.05, 0.1) is 0 Å². The maximum absolute atomic E-state index is 6.35. The minimum absolute atomic E-state index is 0.435. The van der Waals surface area contributed by atoms with Crippen molar-refractivity contribution in [3.63, 3.8) is 0 Å². The molecule has 2 fully saturated rings. The molecule has 0 aromatic heterocycles. The van der Waals surface area contributed by atoms with Crippen LogP contribution in [0.1, 0.15) is 63.1 Å². The standard InChI is InChI=1S/C19H30N2/c1-13(2)15-7-9-16(10-8-15)14(3)21-11-17-5-4-6-19(20)18(17)12-21/h7-10,13-14,17-19H,4-6,11-12,20H2,1-3H3. The molecule has 0 spiro atoms. The SMILES string of the molecule is CC(C)c1ccc(C(C)N2CC3CCCC(N)C3C2)cc1. The van der Waals surface area contributed by atoms with E-state index in [9.17, 15) is 0 Å². The van der Waals surface area contributed by atoms with E-state index in [2.05, 4.69) is 49.9 Å². The summed E-state index contributed by atoms with van der Waals surface area (Å²) in [6.45, 7) is 9.30. The molecular weight excluding hydrogens is 256 g/mol. The summed E-state index contributed by atoms with van der Waals surface area (Å²) in [5.41, 5.74) is 9.23. The largest absolute Gasteiger partial charge is 0.327 e. The Morgan fingerprint density at radius 3 is 2.29 bits per heavy atom. The van der Waals surface area contributed by atoms with Gasteiger partial charge in [-0.1, -0.05) is 44.5 Å². The zero-order chi connectivity index (χ0) is 15.0. The number of benzene rings is 1. The van der Waals surface area contributed by atoms with Crippen LogP contribution >= 0.6 is 0 Å². The first-order valence-electron chi connectivity index (χ1n) is 8.65. The van der Waals surface area contributed by atoms with Crippen molar-refractivity contribution in [2.45, 2.75) is 58.0 Å². The average molecular weight is 286 g/mol. The van der Waals surface area contributed by atoms with Gasteiger partial charge in [0.25, 0.3) is 0 Å². The van der Waals surface area contributed by atoms with Gasteiger partial charge in [-0.3, -0.25) is 4.90 Å². The minimum atomic E-state index is 0.435. The molecule has 0 radical (unpaired) electrons.